The number of anilines is 1. The minimum Gasteiger partial charge on any atom is -0.497 e. The molecular weight excluding hydrogens is 372 g/mol. The van der Waals surface area contributed by atoms with Crippen molar-refractivity contribution < 1.29 is 17.9 Å². The zero-order valence-electron chi connectivity index (χ0n) is 15.4. The molecule has 0 N–H and O–H groups in total. The molecule has 0 aliphatic carbocycles. The van der Waals surface area contributed by atoms with Crippen LogP contribution < -0.4 is 14.4 Å². The van der Waals surface area contributed by atoms with Crippen molar-refractivity contribution >= 4 is 32.5 Å². The van der Waals surface area contributed by atoms with E-state index < -0.39 is 9.84 Å². The van der Waals surface area contributed by atoms with E-state index in [0.29, 0.717) is 11.5 Å². The maximum absolute atomic E-state index is 12.1. The van der Waals surface area contributed by atoms with Crippen LogP contribution in [0, 0.1) is 0 Å². The molecule has 2 heterocycles. The average molecular weight is 397 g/mol. The van der Waals surface area contributed by atoms with Crippen molar-refractivity contribution in [3.8, 4) is 11.5 Å². The van der Waals surface area contributed by atoms with E-state index in [0.717, 1.165) is 16.6 Å². The summed E-state index contributed by atoms with van der Waals surface area (Å²) in [6.07, 6.45) is 2.14. The van der Waals surface area contributed by atoms with E-state index in [1.807, 2.05) is 23.1 Å². The molecule has 2 atom stereocenters. The Morgan fingerprint density at radius 1 is 1.31 bits per heavy atom. The Bertz CT molecular complexity index is 845. The highest BCUT2D eigenvalue weighted by atomic mass is 32.2. The fourth-order valence-electron chi connectivity index (χ4n) is 3.18. The van der Waals surface area contributed by atoms with Crippen LogP contribution in [0.25, 0.3) is 0 Å². The van der Waals surface area contributed by atoms with E-state index in [1.165, 1.54) is 5.57 Å². The number of rotatable bonds is 5. The van der Waals surface area contributed by atoms with Crippen LogP contribution in [0.5, 0.6) is 11.5 Å². The Kier molecular flexibility index (Phi) is 5.53. The van der Waals surface area contributed by atoms with E-state index >= 15 is 0 Å². The van der Waals surface area contributed by atoms with Gasteiger partial charge in [-0.05, 0) is 26.0 Å². The van der Waals surface area contributed by atoms with Gasteiger partial charge in [-0.25, -0.2) is 8.42 Å². The number of fused-ring (bicyclic) bond motifs is 1. The molecule has 8 heteroatoms. The van der Waals surface area contributed by atoms with Gasteiger partial charge in [0, 0.05) is 11.8 Å². The van der Waals surface area contributed by atoms with Gasteiger partial charge in [-0.2, -0.15) is 0 Å². The number of thioether (sulfide) groups is 1. The normalized spacial score (nSPS) is 23.4. The molecule has 0 amide bonds. The van der Waals surface area contributed by atoms with Crippen molar-refractivity contribution in [2.45, 2.75) is 25.9 Å². The second-order valence-corrected chi connectivity index (χ2v) is 9.76. The Hall–Kier alpha value is -1.67. The highest BCUT2D eigenvalue weighted by Crippen LogP contribution is 2.40. The van der Waals surface area contributed by atoms with Crippen molar-refractivity contribution in [1.29, 1.82) is 0 Å². The van der Waals surface area contributed by atoms with Crippen molar-refractivity contribution in [3.05, 3.63) is 29.8 Å². The first-order valence-corrected chi connectivity index (χ1v) is 11.2. The summed E-state index contributed by atoms with van der Waals surface area (Å²) in [6, 6.07) is 5.16. The lowest BCUT2D eigenvalue weighted by Gasteiger charge is -2.28. The van der Waals surface area contributed by atoms with Crippen LogP contribution in [0.1, 0.15) is 13.8 Å². The summed E-state index contributed by atoms with van der Waals surface area (Å²) in [5.41, 5.74) is 2.06. The Morgan fingerprint density at radius 2 is 2.08 bits per heavy atom. The summed E-state index contributed by atoms with van der Waals surface area (Å²) >= 11 is 1.62. The largest absolute Gasteiger partial charge is 0.497 e. The smallest absolute Gasteiger partial charge is 0.164 e. The van der Waals surface area contributed by atoms with Crippen LogP contribution in [0.4, 0.5) is 5.69 Å². The summed E-state index contributed by atoms with van der Waals surface area (Å²) in [5, 5.41) is 0.843. The molecular formula is C18H24N2O4S2. The van der Waals surface area contributed by atoms with Crippen molar-refractivity contribution in [2.75, 3.05) is 36.4 Å². The van der Waals surface area contributed by atoms with Crippen molar-refractivity contribution in [2.24, 2.45) is 4.99 Å². The first-order valence-electron chi connectivity index (χ1n) is 8.40. The van der Waals surface area contributed by atoms with Gasteiger partial charge in [0.05, 0.1) is 43.5 Å². The SMILES string of the molecule is COc1ccc(N2C(SCC=C(C)C)=N[C@H]3CS(=O)(=O)C[C@@H]32)c(OC)c1. The summed E-state index contributed by atoms with van der Waals surface area (Å²) in [4.78, 5) is 6.75. The molecule has 142 valence electrons. The lowest BCUT2D eigenvalue weighted by Crippen LogP contribution is -2.39. The molecule has 3 rings (SSSR count). The second-order valence-electron chi connectivity index (χ2n) is 6.62. The summed E-state index contributed by atoms with van der Waals surface area (Å²) < 4.78 is 35.1. The van der Waals surface area contributed by atoms with E-state index in [2.05, 4.69) is 19.9 Å². The number of allylic oxidation sites excluding steroid dienone is 1. The topological polar surface area (TPSA) is 68.2 Å². The highest BCUT2D eigenvalue weighted by molar-refractivity contribution is 8.14. The number of hydrogen-bond donors (Lipinski definition) is 0. The average Bonchev–Trinajstić information content (AvgIpc) is 3.05. The molecule has 0 bridgehead atoms. The maximum atomic E-state index is 12.1. The molecule has 0 aromatic heterocycles. The number of hydrogen-bond acceptors (Lipinski definition) is 7. The molecule has 26 heavy (non-hydrogen) atoms. The van der Waals surface area contributed by atoms with E-state index in [4.69, 9.17) is 14.5 Å². The number of ether oxygens (including phenoxy) is 2. The van der Waals surface area contributed by atoms with Gasteiger partial charge in [0.2, 0.25) is 0 Å². The van der Waals surface area contributed by atoms with Gasteiger partial charge in [0.25, 0.3) is 0 Å². The van der Waals surface area contributed by atoms with Crippen LogP contribution in [-0.4, -0.2) is 57.1 Å². The van der Waals surface area contributed by atoms with Crippen LogP contribution in [0.3, 0.4) is 0 Å². The predicted molar refractivity (Wildman–Crippen MR) is 108 cm³/mol. The predicted octanol–water partition coefficient (Wildman–Crippen LogP) is 2.74. The molecule has 0 unspecified atom stereocenters. The zero-order valence-corrected chi connectivity index (χ0v) is 17.1. The van der Waals surface area contributed by atoms with Crippen LogP contribution >= 0.6 is 11.8 Å². The highest BCUT2D eigenvalue weighted by Gasteiger charge is 2.47. The molecule has 0 saturated carbocycles. The number of benzene rings is 1. The minimum absolute atomic E-state index is 0.110. The molecule has 0 radical (unpaired) electrons. The summed E-state index contributed by atoms with van der Waals surface area (Å²) in [5.74, 6) is 2.35. The molecule has 0 spiro atoms. The third kappa shape index (κ3) is 3.86. The van der Waals surface area contributed by atoms with Crippen molar-refractivity contribution in [3.63, 3.8) is 0 Å². The lowest BCUT2D eigenvalue weighted by molar-refractivity contribution is 0.394. The first kappa shape index (κ1) is 19.1. The fourth-order valence-corrected chi connectivity index (χ4v) is 6.17. The molecule has 1 saturated heterocycles. The Balaban J connectivity index is 1.97. The third-order valence-corrected chi connectivity index (χ3v) is 7.05. The Labute approximate surface area is 159 Å². The molecule has 2 aliphatic heterocycles. The van der Waals surface area contributed by atoms with Gasteiger partial charge < -0.3 is 14.4 Å². The van der Waals surface area contributed by atoms with Gasteiger partial charge in [-0.15, -0.1) is 0 Å². The number of aliphatic imine (C=N–C) groups is 1. The van der Waals surface area contributed by atoms with Gasteiger partial charge in [-0.3, -0.25) is 4.99 Å². The molecule has 1 aromatic carbocycles. The van der Waals surface area contributed by atoms with Gasteiger partial charge >= 0.3 is 0 Å². The maximum Gasteiger partial charge on any atom is 0.164 e. The number of nitrogens with zero attached hydrogens (tertiary/aromatic N) is 2. The fraction of sp³-hybridized carbons (Fsp3) is 0.500. The van der Waals surface area contributed by atoms with E-state index in [9.17, 15) is 8.42 Å². The monoisotopic (exact) mass is 396 g/mol. The third-order valence-electron chi connectivity index (χ3n) is 4.46. The number of methoxy groups -OCH3 is 2. The molecule has 2 aliphatic rings. The Morgan fingerprint density at radius 3 is 2.73 bits per heavy atom. The quantitative estimate of drug-likeness (QED) is 0.713. The molecule has 1 aromatic rings. The van der Waals surface area contributed by atoms with Gasteiger partial charge in [-0.1, -0.05) is 23.4 Å². The van der Waals surface area contributed by atoms with Crippen LogP contribution in [0.15, 0.2) is 34.8 Å². The van der Waals surface area contributed by atoms with Crippen LogP contribution in [-0.2, 0) is 9.84 Å². The number of amidine groups is 1. The minimum atomic E-state index is -3.07. The van der Waals surface area contributed by atoms with Gasteiger partial charge in [0.15, 0.2) is 15.0 Å². The van der Waals surface area contributed by atoms with Gasteiger partial charge in [0.1, 0.15) is 11.5 Å². The second kappa shape index (κ2) is 7.52. The lowest BCUT2D eigenvalue weighted by atomic mass is 10.1. The van der Waals surface area contributed by atoms with Crippen LogP contribution in [0.2, 0.25) is 0 Å². The molecule has 1 fully saturated rings. The number of sulfone groups is 1. The zero-order chi connectivity index (χ0) is 18.9. The summed E-state index contributed by atoms with van der Waals surface area (Å²) in [7, 11) is 0.133. The van der Waals surface area contributed by atoms with Crippen molar-refractivity contribution in [1.82, 2.24) is 0 Å². The molecule has 6 nitrogen and oxygen atoms in total. The first-order chi connectivity index (χ1) is 12.3. The van der Waals surface area contributed by atoms with E-state index in [1.54, 1.807) is 26.0 Å². The standard InChI is InChI=1S/C18H24N2O4S2/c1-12(2)7-8-25-18-19-14-10-26(21,22)11-16(14)20(18)15-6-5-13(23-3)9-17(15)24-4/h5-7,9,14,16H,8,10-11H2,1-4H3/t14-,16-/m0/s1. The van der Waals surface area contributed by atoms with E-state index in [-0.39, 0.29) is 23.6 Å². The summed E-state index contributed by atoms with van der Waals surface area (Å²) in [6.45, 7) is 4.12.